The van der Waals surface area contributed by atoms with Crippen molar-refractivity contribution in [3.05, 3.63) is 194 Å². The minimum Gasteiger partial charge on any atom is -0.497 e. The van der Waals surface area contributed by atoms with Crippen molar-refractivity contribution >= 4 is 115 Å². The van der Waals surface area contributed by atoms with Gasteiger partial charge in [0.25, 0.3) is 41.0 Å². The first-order valence-corrected chi connectivity index (χ1v) is 43.2. The summed E-state index contributed by atoms with van der Waals surface area (Å²) in [6.45, 7) is 14.9. The molecule has 0 unspecified atom stereocenters. The summed E-state index contributed by atoms with van der Waals surface area (Å²) >= 11 is 0. The molecule has 0 bridgehead atoms. The number of fused-ring (bicyclic) bond motifs is 5. The van der Waals surface area contributed by atoms with Gasteiger partial charge in [0.15, 0.2) is 46.7 Å². The van der Waals surface area contributed by atoms with Gasteiger partial charge in [-0.25, -0.2) is 47.5 Å². The summed E-state index contributed by atoms with van der Waals surface area (Å²) < 4.78 is 67.4. The Labute approximate surface area is 740 Å². The summed E-state index contributed by atoms with van der Waals surface area (Å²) in [5.41, 5.74) is 4.51. The third-order valence-corrected chi connectivity index (χ3v) is 23.3. The molecule has 16 rings (SSSR count). The number of carbonyl (C=O) groups is 12. The fourth-order valence-corrected chi connectivity index (χ4v) is 16.2. The zero-order valence-electron chi connectivity index (χ0n) is 73.1. The number of benzene rings is 5. The zero-order chi connectivity index (χ0) is 92.9. The van der Waals surface area contributed by atoms with E-state index in [-0.39, 0.29) is 97.0 Å². The predicted octanol–water partition coefficient (Wildman–Crippen LogP) is 8.59. The van der Waals surface area contributed by atoms with E-state index in [2.05, 4.69) is 47.6 Å². The summed E-state index contributed by atoms with van der Waals surface area (Å²) in [7, 11) is 1.13. The van der Waals surface area contributed by atoms with Gasteiger partial charge in [0, 0.05) is 90.0 Å². The van der Waals surface area contributed by atoms with E-state index in [1.54, 1.807) is 135 Å². The molecule has 7 aliphatic rings. The van der Waals surface area contributed by atoms with Crippen LogP contribution in [0.1, 0.15) is 152 Å². The van der Waals surface area contributed by atoms with Gasteiger partial charge in [-0.15, -0.1) is 0 Å². The summed E-state index contributed by atoms with van der Waals surface area (Å²) in [5, 5.41) is 8.63. The number of imide groups is 3. The minimum absolute atomic E-state index is 0.0224. The van der Waals surface area contributed by atoms with Crippen LogP contribution in [0.15, 0.2) is 141 Å². The number of methoxy groups -OCH3 is 3. The number of aromatic amines is 1. The molecule has 0 saturated carbocycles. The number of amides is 12. The number of esters is 3. The average Bonchev–Trinajstić information content (AvgIpc) is 1.60. The van der Waals surface area contributed by atoms with Gasteiger partial charge >= 0.3 is 36.0 Å². The number of carbonyl (C=O) groups excluding carboxylic acids is 12. The highest BCUT2D eigenvalue weighted by atomic mass is 32.2. The Bertz CT molecular complexity index is 6360. The second-order valence-corrected chi connectivity index (χ2v) is 37.4. The van der Waals surface area contributed by atoms with Crippen molar-refractivity contribution in [2.24, 2.45) is 16.2 Å². The topological polar surface area (TPSA) is 464 Å². The molecule has 0 aliphatic carbocycles. The number of hydrogen-bond donors (Lipinski definition) is 5. The van der Waals surface area contributed by atoms with E-state index >= 15 is 0 Å². The smallest absolute Gasteiger partial charge is 0.328 e. The number of H-pyrrole nitrogens is 1. The molecule has 9 aromatic rings. The Kier molecular flexibility index (Phi) is 24.5. The highest BCUT2D eigenvalue weighted by molar-refractivity contribution is 7.89. The molecule has 6 N–H and O–H groups in total. The highest BCUT2D eigenvalue weighted by Gasteiger charge is 2.60. The molecule has 4 fully saturated rings. The fraction of sp³-hybridized carbons (Fsp3) is 0.374. The Morgan fingerprint density at radius 3 is 1.40 bits per heavy atom. The van der Waals surface area contributed by atoms with Crippen LogP contribution in [-0.2, 0) is 89.3 Å². The number of hydrogen-bond acceptors (Lipinski definition) is 27. The lowest BCUT2D eigenvalue weighted by Gasteiger charge is -2.29. The average molecular weight is 1790 g/mol. The number of nitrogen functional groups attached to an aromatic ring is 1. The number of nitrogens with one attached hydrogen (secondary N) is 4. The van der Waals surface area contributed by atoms with Crippen molar-refractivity contribution in [1.29, 1.82) is 0 Å². The van der Waals surface area contributed by atoms with Gasteiger partial charge in [-0.3, -0.25) is 52.9 Å². The van der Waals surface area contributed by atoms with Gasteiger partial charge in [0.1, 0.15) is 39.9 Å². The van der Waals surface area contributed by atoms with Crippen LogP contribution in [0.5, 0.6) is 17.2 Å². The van der Waals surface area contributed by atoms with E-state index in [0.717, 1.165) is 50.9 Å². The van der Waals surface area contributed by atoms with Crippen LogP contribution in [0.4, 0.5) is 26.0 Å². The first-order valence-electron chi connectivity index (χ1n) is 41.1. The van der Waals surface area contributed by atoms with E-state index in [0.29, 0.717) is 67.3 Å². The number of ether oxygens (including phenoxy) is 6. The minimum atomic E-state index is -3.37. The number of nitrogens with two attached hydrogens (primary N) is 1. The monoisotopic (exact) mass is 1780 g/mol. The highest BCUT2D eigenvalue weighted by Crippen LogP contribution is 2.42. The molecule has 4 saturated heterocycles. The number of aromatic nitrogens is 3. The largest absolute Gasteiger partial charge is 0.497 e. The van der Waals surface area contributed by atoms with Crippen LogP contribution >= 0.6 is 0 Å². The summed E-state index contributed by atoms with van der Waals surface area (Å²) in [4.78, 5) is 191. The fourth-order valence-electron chi connectivity index (χ4n) is 15.5. The number of furan rings is 2. The van der Waals surface area contributed by atoms with Crippen molar-refractivity contribution in [3.8, 4) is 40.3 Å². The molecule has 3 atom stereocenters. The van der Waals surface area contributed by atoms with Crippen LogP contribution < -0.4 is 46.4 Å². The molecule has 11 heterocycles. The Hall–Kier alpha value is -14.6. The first kappa shape index (κ1) is 90.6. The van der Waals surface area contributed by atoms with Crippen molar-refractivity contribution < 1.29 is 103 Å². The van der Waals surface area contributed by atoms with E-state index in [4.69, 9.17) is 43.0 Å². The lowest BCUT2D eigenvalue weighted by atomic mass is 9.94. The zero-order valence-corrected chi connectivity index (χ0v) is 73.9. The van der Waals surface area contributed by atoms with Crippen LogP contribution in [0, 0.1) is 28.1 Å². The quantitative estimate of drug-likeness (QED) is 0.0194. The van der Waals surface area contributed by atoms with Crippen LogP contribution in [0.2, 0.25) is 0 Å². The Balaban J connectivity index is 0.000000156. The van der Waals surface area contributed by atoms with Crippen molar-refractivity contribution in [3.63, 3.8) is 0 Å². The number of anilines is 2. The summed E-state index contributed by atoms with van der Waals surface area (Å²) in [6, 6.07) is 33.1. The van der Waals surface area contributed by atoms with Gasteiger partial charge in [-0.2, -0.15) is 0 Å². The van der Waals surface area contributed by atoms with Crippen LogP contribution in [-0.4, -0.2) is 210 Å². The molecule has 674 valence electrons. The molecule has 37 nitrogen and oxygen atoms in total. The van der Waals surface area contributed by atoms with E-state index < -0.39 is 122 Å². The number of sulfone groups is 1. The third kappa shape index (κ3) is 18.7. The second-order valence-electron chi connectivity index (χ2n) is 35.3. The molecule has 5 aromatic carbocycles. The van der Waals surface area contributed by atoms with E-state index in [1.807, 2.05) is 30.3 Å². The molecule has 0 spiro atoms. The lowest BCUT2D eigenvalue weighted by molar-refractivity contribution is -0.160. The molecular formula is C91H96N14O23S. The maximum atomic E-state index is 14.2. The van der Waals surface area contributed by atoms with Crippen molar-refractivity contribution in [1.82, 2.24) is 60.3 Å². The molecule has 0 radical (unpaired) electrons. The standard InChI is InChI=1S/C32H36N4O6.C31H30N6O8.C28H30N4O9S/c1-31(2,3)29(39)42-21-36-28(38)32(33-30(36)40,20-35-19-23-10-13-25(41-4)18-26(23)27(35)37)15-14-22-8-11-24(12-9-22)34-16-6-5-7-17-34;1-30(2,3)27(41)44-15-37-26(40)31(35-29(37)42,14-36-13-17-5-7-19(43-4)11-20(17)25(36)39)23-10-18-9-16(6-8-22(18)45-23)21-12-24(38)34-28(32)33-21;1-27(2,3)25(35)40-15-32-24(34)28(30-26(32)36,14-31-12-16-6-8-18(39-4)10-19(16)23(31)33)22-11-20-21(41-22)9-7-17(29-20)13-42(5,37)38/h8-13,18H,5-7,16-17,19-21H2,1-4H3,(H,33,40);5-12H,13-15H2,1-4H3,(H,35,42)(H3,32,33,34,38);6-11H,12-15H2,1-5H3,(H,30,36)/t32-;31-;28-/m100/s1. The normalized spacial score (nSPS) is 19.0. The summed E-state index contributed by atoms with van der Waals surface area (Å²) in [6.07, 6.45) is 4.66. The van der Waals surface area contributed by atoms with Gasteiger partial charge in [0.05, 0.1) is 74.3 Å². The molecule has 129 heavy (non-hydrogen) atoms. The maximum Gasteiger partial charge on any atom is 0.328 e. The number of nitrogens with zero attached hydrogens (tertiary/aromatic N) is 9. The third-order valence-electron chi connectivity index (χ3n) is 22.5. The van der Waals surface area contributed by atoms with Gasteiger partial charge in [-0.05, 0) is 195 Å². The molecule has 12 amide bonds. The number of pyridine rings is 1. The van der Waals surface area contributed by atoms with E-state index in [1.165, 1.54) is 79.6 Å². The predicted molar refractivity (Wildman–Crippen MR) is 463 cm³/mol. The maximum absolute atomic E-state index is 14.2. The second kappa shape index (κ2) is 34.9. The number of urea groups is 3. The van der Waals surface area contributed by atoms with Gasteiger partial charge in [-0.1, -0.05) is 30.0 Å². The number of piperidine rings is 1. The van der Waals surface area contributed by atoms with Gasteiger partial charge in [0.2, 0.25) is 11.5 Å². The Morgan fingerprint density at radius 2 is 0.946 bits per heavy atom. The van der Waals surface area contributed by atoms with Crippen LogP contribution in [0.3, 0.4) is 0 Å². The number of rotatable bonds is 21. The summed E-state index contributed by atoms with van der Waals surface area (Å²) in [5.74, 6) is 2.18. The molecule has 38 heteroatoms. The van der Waals surface area contributed by atoms with Crippen molar-refractivity contribution in [2.45, 2.75) is 124 Å². The van der Waals surface area contributed by atoms with E-state index in [9.17, 15) is 70.7 Å². The lowest BCUT2D eigenvalue weighted by Crippen LogP contribution is -2.54. The SMILES string of the molecule is COc1ccc2c(c1)C(=O)N(C[C@@]1(C#Cc3ccc(N4CCCCC4)cc3)NC(=O)N(COC(=O)C(C)(C)C)C1=O)C2.COc1ccc2c(c1)C(=O)N(C[C@@]1(c3cc4cc(-c5cc(=O)[nH]c(N)n5)ccc4o3)NC(=O)N(COC(=O)C(C)(C)C)C1=O)C2.COc1ccc2c(c1)C(=O)N(C[C@@]1(c3cc4nc(CS(C)(=O)=O)ccc4o3)NC(=O)N(COC(=O)C(C)(C)C)C1=O)C2. The molecule has 7 aliphatic heterocycles. The van der Waals surface area contributed by atoms with Crippen molar-refractivity contribution in [2.75, 3.05) is 91.1 Å². The van der Waals surface area contributed by atoms with Crippen LogP contribution in [0.25, 0.3) is 33.3 Å². The van der Waals surface area contributed by atoms with Gasteiger partial charge < -0.3 is 78.5 Å². The Morgan fingerprint density at radius 1 is 0.504 bits per heavy atom. The first-order chi connectivity index (χ1) is 60.9. The molecule has 4 aromatic heterocycles. The molecular weight excluding hydrogens is 1690 g/mol.